The molecule has 3 rings (SSSR count). The number of aromatic nitrogens is 2. The van der Waals surface area contributed by atoms with Crippen molar-refractivity contribution in [2.24, 2.45) is 5.73 Å². The number of nitrogens with one attached hydrogen (secondary N) is 2. The van der Waals surface area contributed by atoms with Crippen LogP contribution >= 0.6 is 0 Å². The van der Waals surface area contributed by atoms with Crippen LogP contribution in [0.15, 0.2) is 12.4 Å². The maximum atomic E-state index is 12.1. The second-order valence-corrected chi connectivity index (χ2v) is 5.82. The summed E-state index contributed by atoms with van der Waals surface area (Å²) in [5, 5.41) is 9.72. The van der Waals surface area contributed by atoms with Crippen LogP contribution in [0.1, 0.15) is 25.7 Å². The first-order chi connectivity index (χ1) is 10.6. The largest absolute Gasteiger partial charge is 0.364 e. The third-order valence-electron chi connectivity index (χ3n) is 3.81. The third kappa shape index (κ3) is 3.83. The molecule has 0 spiro atoms. The molecule has 2 aliphatic rings. The summed E-state index contributed by atoms with van der Waals surface area (Å²) in [6.45, 7) is 0.583. The summed E-state index contributed by atoms with van der Waals surface area (Å²) < 4.78 is 7.04. The first-order valence-electron chi connectivity index (χ1n) is 7.62. The number of rotatable bonds is 6. The van der Waals surface area contributed by atoms with Crippen molar-refractivity contribution < 1.29 is 14.3 Å². The number of nitrogens with zero attached hydrogens (tertiary/aromatic N) is 2. The Balaban J connectivity index is 1.48. The smallest absolute Gasteiger partial charge is 0.253 e. The van der Waals surface area contributed by atoms with Crippen molar-refractivity contribution in [3.8, 4) is 0 Å². The molecule has 1 aliphatic carbocycles. The second kappa shape index (κ2) is 6.45. The van der Waals surface area contributed by atoms with E-state index in [0.29, 0.717) is 24.7 Å². The van der Waals surface area contributed by atoms with Crippen LogP contribution in [0.25, 0.3) is 0 Å². The van der Waals surface area contributed by atoms with Gasteiger partial charge in [-0.1, -0.05) is 0 Å². The Morgan fingerprint density at radius 3 is 2.86 bits per heavy atom. The van der Waals surface area contributed by atoms with Crippen molar-refractivity contribution >= 4 is 17.5 Å². The standard InChI is InChI=1S/C14H21N5O3/c15-5-11-3-4-12(22-11)14(21)18-10-6-16-19(7-10)8-13(20)17-9-1-2-9/h6-7,9,11-12H,1-5,8,15H2,(H,17,20)(H,18,21)/t11-,12+/m1/s1. The fraction of sp³-hybridized carbons (Fsp3) is 0.643. The average molecular weight is 307 g/mol. The summed E-state index contributed by atoms with van der Waals surface area (Å²) >= 11 is 0. The zero-order valence-corrected chi connectivity index (χ0v) is 12.3. The zero-order valence-electron chi connectivity index (χ0n) is 12.3. The predicted octanol–water partition coefficient (Wildman–Crippen LogP) is -0.393. The van der Waals surface area contributed by atoms with Crippen LogP contribution in [0.5, 0.6) is 0 Å². The van der Waals surface area contributed by atoms with E-state index in [1.165, 1.54) is 10.9 Å². The monoisotopic (exact) mass is 307 g/mol. The Labute approximate surface area is 128 Å². The lowest BCUT2D eigenvalue weighted by molar-refractivity contribution is -0.126. The highest BCUT2D eigenvalue weighted by molar-refractivity contribution is 5.94. The zero-order chi connectivity index (χ0) is 15.5. The molecule has 1 aliphatic heterocycles. The number of hydrogen-bond acceptors (Lipinski definition) is 5. The molecule has 4 N–H and O–H groups in total. The van der Waals surface area contributed by atoms with Gasteiger partial charge in [0.15, 0.2) is 0 Å². The summed E-state index contributed by atoms with van der Waals surface area (Å²) in [6.07, 6.45) is 6.24. The fourth-order valence-corrected chi connectivity index (χ4v) is 2.46. The Morgan fingerprint density at radius 2 is 2.18 bits per heavy atom. The minimum absolute atomic E-state index is 0.0374. The minimum Gasteiger partial charge on any atom is -0.364 e. The Morgan fingerprint density at radius 1 is 1.36 bits per heavy atom. The van der Waals surface area contributed by atoms with Crippen molar-refractivity contribution in [1.29, 1.82) is 0 Å². The van der Waals surface area contributed by atoms with Gasteiger partial charge in [0, 0.05) is 18.8 Å². The highest BCUT2D eigenvalue weighted by Gasteiger charge is 2.30. The van der Waals surface area contributed by atoms with E-state index in [2.05, 4.69) is 15.7 Å². The van der Waals surface area contributed by atoms with Crippen LogP contribution in [0, 0.1) is 0 Å². The molecule has 1 aromatic rings. The van der Waals surface area contributed by atoms with E-state index in [1.807, 2.05) is 0 Å². The molecule has 0 bridgehead atoms. The van der Waals surface area contributed by atoms with E-state index in [4.69, 9.17) is 10.5 Å². The molecule has 0 radical (unpaired) electrons. The van der Waals surface area contributed by atoms with Crippen LogP contribution in [0.2, 0.25) is 0 Å². The summed E-state index contributed by atoms with van der Waals surface area (Å²) in [5.74, 6) is -0.258. The quantitative estimate of drug-likeness (QED) is 0.662. The number of anilines is 1. The topological polar surface area (TPSA) is 111 Å². The van der Waals surface area contributed by atoms with Crippen molar-refractivity contribution in [2.75, 3.05) is 11.9 Å². The highest BCUT2D eigenvalue weighted by Crippen LogP contribution is 2.20. The molecule has 0 aromatic carbocycles. The van der Waals surface area contributed by atoms with Gasteiger partial charge in [0.1, 0.15) is 12.6 Å². The first kappa shape index (κ1) is 15.0. The first-order valence-corrected chi connectivity index (χ1v) is 7.62. The van der Waals surface area contributed by atoms with Crippen LogP contribution in [0.4, 0.5) is 5.69 Å². The van der Waals surface area contributed by atoms with Gasteiger partial charge in [-0.15, -0.1) is 0 Å². The number of nitrogens with two attached hydrogens (primary N) is 1. The number of hydrogen-bond donors (Lipinski definition) is 3. The van der Waals surface area contributed by atoms with Gasteiger partial charge in [-0.25, -0.2) is 0 Å². The molecule has 8 heteroatoms. The molecule has 8 nitrogen and oxygen atoms in total. The summed E-state index contributed by atoms with van der Waals surface area (Å²) in [5.41, 5.74) is 6.09. The molecule has 22 heavy (non-hydrogen) atoms. The molecule has 2 amide bonds. The number of amides is 2. The number of carbonyl (C=O) groups is 2. The van der Waals surface area contributed by atoms with Gasteiger partial charge in [-0.3, -0.25) is 14.3 Å². The molecule has 1 saturated heterocycles. The molecular formula is C14H21N5O3. The van der Waals surface area contributed by atoms with E-state index < -0.39 is 6.10 Å². The average Bonchev–Trinajstić information content (AvgIpc) is 3.01. The van der Waals surface area contributed by atoms with Crippen LogP contribution in [0.3, 0.4) is 0 Å². The van der Waals surface area contributed by atoms with Gasteiger partial charge in [0.2, 0.25) is 5.91 Å². The maximum absolute atomic E-state index is 12.1. The molecule has 1 saturated carbocycles. The van der Waals surface area contributed by atoms with Gasteiger partial charge >= 0.3 is 0 Å². The van der Waals surface area contributed by atoms with E-state index in [9.17, 15) is 9.59 Å². The van der Waals surface area contributed by atoms with Gasteiger partial charge in [-0.05, 0) is 25.7 Å². The molecule has 120 valence electrons. The Kier molecular flexibility index (Phi) is 4.39. The van der Waals surface area contributed by atoms with Crippen LogP contribution in [-0.4, -0.2) is 46.4 Å². The molecule has 2 heterocycles. The van der Waals surface area contributed by atoms with Gasteiger partial charge in [0.25, 0.3) is 5.91 Å². The second-order valence-electron chi connectivity index (χ2n) is 5.82. The normalized spacial score (nSPS) is 24.2. The van der Waals surface area contributed by atoms with Gasteiger partial charge in [0.05, 0.1) is 18.0 Å². The molecule has 0 unspecified atom stereocenters. The van der Waals surface area contributed by atoms with Gasteiger partial charge in [-0.2, -0.15) is 5.10 Å². The predicted molar refractivity (Wildman–Crippen MR) is 79.0 cm³/mol. The number of ether oxygens (including phenoxy) is 1. The highest BCUT2D eigenvalue weighted by atomic mass is 16.5. The lowest BCUT2D eigenvalue weighted by Gasteiger charge is -2.11. The fourth-order valence-electron chi connectivity index (χ4n) is 2.46. The van der Waals surface area contributed by atoms with E-state index in [0.717, 1.165) is 19.3 Å². The van der Waals surface area contributed by atoms with Crippen molar-refractivity contribution in [2.45, 2.75) is 50.5 Å². The van der Waals surface area contributed by atoms with E-state index >= 15 is 0 Å². The lowest BCUT2D eigenvalue weighted by atomic mass is 10.2. The Hall–Kier alpha value is -1.93. The van der Waals surface area contributed by atoms with Gasteiger partial charge < -0.3 is 21.1 Å². The Bertz CT molecular complexity index is 554. The summed E-state index contributed by atoms with van der Waals surface area (Å²) in [4.78, 5) is 23.7. The maximum Gasteiger partial charge on any atom is 0.253 e. The lowest BCUT2D eigenvalue weighted by Crippen LogP contribution is -2.30. The molecule has 2 fully saturated rings. The summed E-state index contributed by atoms with van der Waals surface area (Å²) in [6, 6.07) is 0.331. The minimum atomic E-state index is -0.463. The molecular weight excluding hydrogens is 286 g/mol. The van der Waals surface area contributed by atoms with Crippen LogP contribution in [-0.2, 0) is 20.9 Å². The van der Waals surface area contributed by atoms with E-state index in [1.54, 1.807) is 6.20 Å². The van der Waals surface area contributed by atoms with Crippen molar-refractivity contribution in [1.82, 2.24) is 15.1 Å². The third-order valence-corrected chi connectivity index (χ3v) is 3.81. The molecule has 2 atom stereocenters. The molecule has 1 aromatic heterocycles. The number of carbonyl (C=O) groups excluding carboxylic acids is 2. The SMILES string of the molecule is NC[C@H]1CC[C@@H](C(=O)Nc2cnn(CC(=O)NC3CC3)c2)O1. The van der Waals surface area contributed by atoms with Crippen molar-refractivity contribution in [3.63, 3.8) is 0 Å². The summed E-state index contributed by atoms with van der Waals surface area (Å²) in [7, 11) is 0. The van der Waals surface area contributed by atoms with Crippen LogP contribution < -0.4 is 16.4 Å². The van der Waals surface area contributed by atoms with Crippen molar-refractivity contribution in [3.05, 3.63) is 12.4 Å². The van der Waals surface area contributed by atoms with E-state index in [-0.39, 0.29) is 24.5 Å².